The van der Waals surface area contributed by atoms with Gasteiger partial charge in [0.25, 0.3) is 5.69 Å². The Labute approximate surface area is 121 Å². The van der Waals surface area contributed by atoms with Crippen LogP contribution in [0.1, 0.15) is 5.56 Å². The Morgan fingerprint density at radius 1 is 1.15 bits per heavy atom. The largest absolute Gasteiger partial charge is 0.381 e. The minimum Gasteiger partial charge on any atom is -0.381 e. The summed E-state index contributed by atoms with van der Waals surface area (Å²) < 4.78 is 26.7. The predicted molar refractivity (Wildman–Crippen MR) is 74.5 cm³/mol. The van der Waals surface area contributed by atoms with Crippen LogP contribution in [0.15, 0.2) is 40.9 Å². The number of benzene rings is 2. The van der Waals surface area contributed by atoms with Gasteiger partial charge < -0.3 is 5.32 Å². The molecule has 0 heterocycles. The van der Waals surface area contributed by atoms with E-state index < -0.39 is 10.7 Å². The molecule has 0 radical (unpaired) electrons. The Morgan fingerprint density at radius 2 is 1.90 bits per heavy atom. The van der Waals surface area contributed by atoms with Crippen molar-refractivity contribution >= 4 is 27.3 Å². The SMILES string of the molecule is O=[N+]([O-])c1cc(F)cc(NCc2ccc(F)cc2Br)c1. The standard InChI is InChI=1S/C13H9BrF2N2O2/c14-13-5-9(15)2-1-8(13)7-17-11-3-10(16)4-12(6-11)18(19)20/h1-6,17H,7H2. The Morgan fingerprint density at radius 3 is 2.55 bits per heavy atom. The summed E-state index contributed by atoms with van der Waals surface area (Å²) in [6.07, 6.45) is 0. The second-order valence-electron chi connectivity index (χ2n) is 4.04. The summed E-state index contributed by atoms with van der Waals surface area (Å²) >= 11 is 3.21. The maximum absolute atomic E-state index is 13.2. The normalized spacial score (nSPS) is 10.3. The van der Waals surface area contributed by atoms with E-state index in [1.54, 1.807) is 6.07 Å². The third-order valence-corrected chi connectivity index (χ3v) is 3.33. The van der Waals surface area contributed by atoms with E-state index in [-0.39, 0.29) is 23.7 Å². The lowest BCUT2D eigenvalue weighted by atomic mass is 10.2. The van der Waals surface area contributed by atoms with Crippen LogP contribution in [-0.4, -0.2) is 4.92 Å². The van der Waals surface area contributed by atoms with Gasteiger partial charge in [-0.3, -0.25) is 10.1 Å². The maximum atomic E-state index is 13.2. The molecule has 104 valence electrons. The first-order valence-electron chi connectivity index (χ1n) is 5.58. The molecular formula is C13H9BrF2N2O2. The summed E-state index contributed by atoms with van der Waals surface area (Å²) in [4.78, 5) is 9.97. The first-order valence-corrected chi connectivity index (χ1v) is 6.38. The molecule has 2 aromatic rings. The second kappa shape index (κ2) is 5.96. The summed E-state index contributed by atoms with van der Waals surface area (Å²) in [5, 5.41) is 13.5. The fourth-order valence-corrected chi connectivity index (χ4v) is 2.13. The van der Waals surface area contributed by atoms with Crippen LogP contribution in [0.25, 0.3) is 0 Å². The van der Waals surface area contributed by atoms with Crippen LogP contribution < -0.4 is 5.32 Å². The van der Waals surface area contributed by atoms with Crippen LogP contribution in [0.4, 0.5) is 20.2 Å². The number of rotatable bonds is 4. The molecule has 7 heteroatoms. The highest BCUT2D eigenvalue weighted by atomic mass is 79.9. The number of nitro benzene ring substituents is 1. The van der Waals surface area contributed by atoms with E-state index in [9.17, 15) is 18.9 Å². The van der Waals surface area contributed by atoms with Gasteiger partial charge in [0, 0.05) is 22.8 Å². The summed E-state index contributed by atoms with van der Waals surface area (Å²) in [7, 11) is 0. The van der Waals surface area contributed by atoms with Gasteiger partial charge in [-0.15, -0.1) is 0 Å². The van der Waals surface area contributed by atoms with Crippen LogP contribution in [0.3, 0.4) is 0 Å². The van der Waals surface area contributed by atoms with Gasteiger partial charge in [0.05, 0.1) is 11.0 Å². The van der Waals surface area contributed by atoms with Crippen LogP contribution >= 0.6 is 15.9 Å². The molecule has 0 spiro atoms. The van der Waals surface area contributed by atoms with Crippen molar-refractivity contribution in [1.82, 2.24) is 0 Å². The van der Waals surface area contributed by atoms with E-state index in [4.69, 9.17) is 0 Å². The average Bonchev–Trinajstić information content (AvgIpc) is 2.37. The summed E-state index contributed by atoms with van der Waals surface area (Å²) in [6, 6.07) is 7.42. The number of nitrogens with one attached hydrogen (secondary N) is 1. The molecule has 0 aliphatic carbocycles. The zero-order valence-electron chi connectivity index (χ0n) is 10.1. The van der Waals surface area contributed by atoms with Gasteiger partial charge in [-0.05, 0) is 23.8 Å². The van der Waals surface area contributed by atoms with E-state index in [0.29, 0.717) is 4.47 Å². The van der Waals surface area contributed by atoms with Crippen molar-refractivity contribution in [1.29, 1.82) is 0 Å². The van der Waals surface area contributed by atoms with E-state index in [0.717, 1.165) is 17.7 Å². The molecule has 0 unspecified atom stereocenters. The minimum atomic E-state index is -0.695. The topological polar surface area (TPSA) is 55.2 Å². The van der Waals surface area contributed by atoms with Gasteiger partial charge in [-0.25, -0.2) is 8.78 Å². The van der Waals surface area contributed by atoms with Gasteiger partial charge in [0.1, 0.15) is 11.6 Å². The van der Waals surface area contributed by atoms with Crippen molar-refractivity contribution in [3.63, 3.8) is 0 Å². The predicted octanol–water partition coefficient (Wildman–Crippen LogP) is 4.25. The molecule has 2 aromatic carbocycles. The number of hydrogen-bond donors (Lipinski definition) is 1. The smallest absolute Gasteiger partial charge is 0.274 e. The van der Waals surface area contributed by atoms with Crippen molar-refractivity contribution in [2.75, 3.05) is 5.32 Å². The summed E-state index contributed by atoms with van der Waals surface area (Å²) in [5.41, 5.74) is 0.705. The first-order chi connectivity index (χ1) is 9.45. The van der Waals surface area contributed by atoms with Crippen molar-refractivity contribution in [2.24, 2.45) is 0 Å². The lowest BCUT2D eigenvalue weighted by Gasteiger charge is -2.08. The van der Waals surface area contributed by atoms with Crippen LogP contribution in [0, 0.1) is 21.7 Å². The number of hydrogen-bond acceptors (Lipinski definition) is 3. The maximum Gasteiger partial charge on any atom is 0.274 e. The molecule has 0 aliphatic heterocycles. The van der Waals surface area contributed by atoms with Gasteiger partial charge in [0.2, 0.25) is 0 Å². The molecule has 20 heavy (non-hydrogen) atoms. The van der Waals surface area contributed by atoms with Crippen molar-refractivity contribution in [3.8, 4) is 0 Å². The number of nitrogens with zero attached hydrogens (tertiary/aromatic N) is 1. The molecule has 0 saturated carbocycles. The van der Waals surface area contributed by atoms with E-state index in [2.05, 4.69) is 21.2 Å². The summed E-state index contributed by atoms with van der Waals surface area (Å²) in [5.74, 6) is -1.07. The monoisotopic (exact) mass is 342 g/mol. The highest BCUT2D eigenvalue weighted by Crippen LogP contribution is 2.23. The van der Waals surface area contributed by atoms with Crippen LogP contribution in [0.5, 0.6) is 0 Å². The van der Waals surface area contributed by atoms with Crippen molar-refractivity contribution < 1.29 is 13.7 Å². The molecule has 0 saturated heterocycles. The molecule has 4 nitrogen and oxygen atoms in total. The molecule has 0 aromatic heterocycles. The lowest BCUT2D eigenvalue weighted by molar-refractivity contribution is -0.385. The Kier molecular flexibility index (Phi) is 4.29. The summed E-state index contributed by atoms with van der Waals surface area (Å²) in [6.45, 7) is 0.279. The van der Waals surface area contributed by atoms with Crippen molar-refractivity contribution in [2.45, 2.75) is 6.54 Å². The Balaban J connectivity index is 2.16. The lowest BCUT2D eigenvalue weighted by Crippen LogP contribution is -2.02. The molecular weight excluding hydrogens is 334 g/mol. The first kappa shape index (κ1) is 14.4. The number of nitro groups is 1. The van der Waals surface area contributed by atoms with Crippen LogP contribution in [-0.2, 0) is 6.54 Å². The molecule has 2 rings (SSSR count). The van der Waals surface area contributed by atoms with E-state index in [1.165, 1.54) is 18.2 Å². The Bertz CT molecular complexity index is 665. The molecule has 0 atom stereocenters. The van der Waals surface area contributed by atoms with E-state index >= 15 is 0 Å². The second-order valence-corrected chi connectivity index (χ2v) is 4.90. The quantitative estimate of drug-likeness (QED) is 0.667. The molecule has 0 fully saturated rings. The van der Waals surface area contributed by atoms with Crippen molar-refractivity contribution in [3.05, 3.63) is 68.2 Å². The van der Waals surface area contributed by atoms with Crippen LogP contribution in [0.2, 0.25) is 0 Å². The number of halogens is 3. The molecule has 0 bridgehead atoms. The fourth-order valence-electron chi connectivity index (χ4n) is 1.64. The molecule has 1 N–H and O–H groups in total. The molecule has 0 aliphatic rings. The fraction of sp³-hybridized carbons (Fsp3) is 0.0769. The average molecular weight is 343 g/mol. The van der Waals surface area contributed by atoms with Gasteiger partial charge in [-0.1, -0.05) is 22.0 Å². The third kappa shape index (κ3) is 3.51. The van der Waals surface area contributed by atoms with Gasteiger partial charge in [-0.2, -0.15) is 0 Å². The van der Waals surface area contributed by atoms with Gasteiger partial charge >= 0.3 is 0 Å². The zero-order chi connectivity index (χ0) is 14.7. The highest BCUT2D eigenvalue weighted by molar-refractivity contribution is 9.10. The minimum absolute atomic E-state index is 0.279. The Hall–Kier alpha value is -2.02. The zero-order valence-corrected chi connectivity index (χ0v) is 11.7. The molecule has 0 amide bonds. The van der Waals surface area contributed by atoms with E-state index in [1.807, 2.05) is 0 Å². The third-order valence-electron chi connectivity index (χ3n) is 2.59. The number of anilines is 1. The van der Waals surface area contributed by atoms with Gasteiger partial charge in [0.15, 0.2) is 0 Å². The highest BCUT2D eigenvalue weighted by Gasteiger charge is 2.10. The number of non-ortho nitro benzene ring substituents is 1.